The van der Waals surface area contributed by atoms with E-state index in [1.165, 1.54) is 21.5 Å². The molecule has 0 N–H and O–H groups in total. The molecule has 0 radical (unpaired) electrons. The van der Waals surface area contributed by atoms with E-state index in [4.69, 9.17) is 23.8 Å². The van der Waals surface area contributed by atoms with Gasteiger partial charge in [0.05, 0.1) is 22.1 Å². The van der Waals surface area contributed by atoms with Crippen molar-refractivity contribution in [3.8, 4) is 39.9 Å². The molecule has 0 fully saturated rings. The van der Waals surface area contributed by atoms with Crippen molar-refractivity contribution in [3.05, 3.63) is 182 Å². The molecule has 274 valence electrons. The van der Waals surface area contributed by atoms with Crippen LogP contribution in [0, 0.1) is 0 Å². The highest BCUT2D eigenvalue weighted by atomic mass is 16.3. The third-order valence-electron chi connectivity index (χ3n) is 11.8. The van der Waals surface area contributed by atoms with E-state index in [1.807, 2.05) is 54.6 Å². The van der Waals surface area contributed by atoms with Gasteiger partial charge in [0.15, 0.2) is 17.5 Å². The largest absolute Gasteiger partial charge is 0.456 e. The zero-order valence-corrected chi connectivity index (χ0v) is 31.4. The summed E-state index contributed by atoms with van der Waals surface area (Å²) < 4.78 is 15.7. The molecular weight excluding hydrogens is 725 g/mol. The number of nitrogens with zero attached hydrogens (tertiary/aromatic N) is 4. The second kappa shape index (κ2) is 12.2. The minimum atomic E-state index is 0.540. The van der Waals surface area contributed by atoms with Gasteiger partial charge in [0.25, 0.3) is 0 Å². The molecule has 59 heavy (non-hydrogen) atoms. The van der Waals surface area contributed by atoms with Crippen LogP contribution in [0.2, 0.25) is 0 Å². The third kappa shape index (κ3) is 4.84. The average Bonchev–Trinajstić information content (AvgIpc) is 3.97. The molecule has 6 heteroatoms. The van der Waals surface area contributed by atoms with Gasteiger partial charge in [-0.2, -0.15) is 0 Å². The first-order chi connectivity index (χ1) is 29.2. The number of rotatable bonds is 4. The van der Waals surface area contributed by atoms with Gasteiger partial charge in [-0.1, -0.05) is 127 Å². The van der Waals surface area contributed by atoms with Crippen LogP contribution in [0.4, 0.5) is 0 Å². The van der Waals surface area contributed by atoms with E-state index in [0.29, 0.717) is 17.5 Å². The normalized spacial score (nSPS) is 12.1. The molecule has 4 aromatic heterocycles. The lowest BCUT2D eigenvalue weighted by molar-refractivity contribution is 0.669. The number of hydrogen-bond donors (Lipinski definition) is 0. The summed E-state index contributed by atoms with van der Waals surface area (Å²) in [6.07, 6.45) is 0. The number of hydrogen-bond acceptors (Lipinski definition) is 5. The molecule has 9 aromatic carbocycles. The quantitative estimate of drug-likeness (QED) is 0.179. The van der Waals surface area contributed by atoms with Crippen molar-refractivity contribution in [1.29, 1.82) is 0 Å². The van der Waals surface area contributed by atoms with E-state index in [0.717, 1.165) is 88.1 Å². The van der Waals surface area contributed by atoms with Crippen molar-refractivity contribution < 1.29 is 8.83 Å². The summed E-state index contributed by atoms with van der Waals surface area (Å²) in [4.78, 5) is 15.5. The topological polar surface area (TPSA) is 69.9 Å². The maximum atomic E-state index is 6.97. The first kappa shape index (κ1) is 32.0. The second-order valence-electron chi connectivity index (χ2n) is 15.2. The van der Waals surface area contributed by atoms with Crippen molar-refractivity contribution in [1.82, 2.24) is 19.5 Å². The number of para-hydroxylation sites is 2. The molecule has 6 nitrogen and oxygen atoms in total. The lowest BCUT2D eigenvalue weighted by Crippen LogP contribution is -2.01. The smallest absolute Gasteiger partial charge is 0.164 e. The number of fused-ring (bicyclic) bond motifs is 12. The van der Waals surface area contributed by atoms with Crippen LogP contribution in [-0.4, -0.2) is 19.5 Å². The zero-order chi connectivity index (χ0) is 38.6. The van der Waals surface area contributed by atoms with Gasteiger partial charge in [-0.05, 0) is 70.8 Å². The molecule has 0 aliphatic carbocycles. The Balaban J connectivity index is 1.13. The highest BCUT2D eigenvalue weighted by Crippen LogP contribution is 2.43. The molecule has 0 saturated carbocycles. The molecule has 0 atom stereocenters. The molecule has 13 aromatic rings. The average molecular weight is 755 g/mol. The van der Waals surface area contributed by atoms with Crippen LogP contribution in [0.1, 0.15) is 0 Å². The molecule has 0 unspecified atom stereocenters. The Morgan fingerprint density at radius 1 is 0.339 bits per heavy atom. The Hall–Kier alpha value is -8.09. The summed E-state index contributed by atoms with van der Waals surface area (Å²) in [5.41, 5.74) is 8.98. The lowest BCUT2D eigenvalue weighted by atomic mass is 10.0. The number of benzene rings is 9. The van der Waals surface area contributed by atoms with Crippen molar-refractivity contribution >= 4 is 87.2 Å². The molecule has 0 amide bonds. The van der Waals surface area contributed by atoms with Gasteiger partial charge in [0.1, 0.15) is 22.3 Å². The third-order valence-corrected chi connectivity index (χ3v) is 11.8. The van der Waals surface area contributed by atoms with E-state index >= 15 is 0 Å². The van der Waals surface area contributed by atoms with Gasteiger partial charge in [-0.25, -0.2) is 15.0 Å². The number of furan rings is 2. The van der Waals surface area contributed by atoms with Crippen molar-refractivity contribution in [2.24, 2.45) is 0 Å². The van der Waals surface area contributed by atoms with Gasteiger partial charge in [-0.15, -0.1) is 0 Å². The van der Waals surface area contributed by atoms with Crippen molar-refractivity contribution in [2.45, 2.75) is 0 Å². The molecule has 4 heterocycles. The standard InChI is InChI=1S/C53H30N4O2/c1-2-13-32(14-3-1)51-54-52(35-23-24-40-39-19-9-11-21-46(39)58-47(40)29-35)56-53(55-51)36-28-45(49-41-25-22-31-12-6-7-17-37(31)50(41)59-48(49)30-36)57-43-20-10-8-18-38(43)42-26-33-15-4-5-16-34(33)27-44(42)57/h1-30H. The van der Waals surface area contributed by atoms with E-state index in [1.54, 1.807) is 0 Å². The van der Waals surface area contributed by atoms with Gasteiger partial charge >= 0.3 is 0 Å². The Bertz CT molecular complexity index is 3860. The predicted octanol–water partition coefficient (Wildman–Crippen LogP) is 14.1. The maximum Gasteiger partial charge on any atom is 0.164 e. The van der Waals surface area contributed by atoms with E-state index in [9.17, 15) is 0 Å². The van der Waals surface area contributed by atoms with Crippen LogP contribution >= 0.6 is 0 Å². The number of aromatic nitrogens is 4. The van der Waals surface area contributed by atoms with Crippen LogP contribution in [-0.2, 0) is 0 Å². The molecule has 0 aliphatic heterocycles. The first-order valence-corrected chi connectivity index (χ1v) is 19.8. The van der Waals surface area contributed by atoms with Gasteiger partial charge in [-0.3, -0.25) is 0 Å². The minimum Gasteiger partial charge on any atom is -0.456 e. The highest BCUT2D eigenvalue weighted by molar-refractivity contribution is 6.20. The maximum absolute atomic E-state index is 6.97. The molecule has 0 bridgehead atoms. The van der Waals surface area contributed by atoms with E-state index < -0.39 is 0 Å². The predicted molar refractivity (Wildman–Crippen MR) is 240 cm³/mol. The lowest BCUT2D eigenvalue weighted by Gasteiger charge is -2.13. The van der Waals surface area contributed by atoms with E-state index in [-0.39, 0.29) is 0 Å². The molecule has 0 aliphatic rings. The fourth-order valence-corrected chi connectivity index (χ4v) is 9.05. The monoisotopic (exact) mass is 754 g/mol. The van der Waals surface area contributed by atoms with Crippen LogP contribution in [0.25, 0.3) is 127 Å². The van der Waals surface area contributed by atoms with Gasteiger partial charge in [0, 0.05) is 49.0 Å². The summed E-state index contributed by atoms with van der Waals surface area (Å²) in [5.74, 6) is 1.67. The molecule has 0 saturated heterocycles. The SMILES string of the molecule is c1ccc(-c2nc(-c3ccc4c(c3)oc3ccccc34)nc(-c3cc(-n4c5ccccc5c5cc6ccccc6cc54)c4c(c3)oc3c5ccccc5ccc34)n2)cc1. The molecular formula is C53H30N4O2. The summed E-state index contributed by atoms with van der Waals surface area (Å²) in [7, 11) is 0. The minimum absolute atomic E-state index is 0.540. The zero-order valence-electron chi connectivity index (χ0n) is 31.4. The fourth-order valence-electron chi connectivity index (χ4n) is 9.05. The Labute approximate surface area is 336 Å². The Kier molecular flexibility index (Phi) is 6.63. The highest BCUT2D eigenvalue weighted by Gasteiger charge is 2.23. The first-order valence-electron chi connectivity index (χ1n) is 19.8. The van der Waals surface area contributed by atoms with Crippen LogP contribution in [0.5, 0.6) is 0 Å². The van der Waals surface area contributed by atoms with E-state index in [2.05, 4.69) is 132 Å². The summed E-state index contributed by atoms with van der Waals surface area (Å²) in [6.45, 7) is 0. The molecule has 0 spiro atoms. The summed E-state index contributed by atoms with van der Waals surface area (Å²) in [5, 5.41) is 11.1. The van der Waals surface area contributed by atoms with Gasteiger partial charge < -0.3 is 13.4 Å². The van der Waals surface area contributed by atoms with Crippen molar-refractivity contribution in [2.75, 3.05) is 0 Å². The molecule has 13 rings (SSSR count). The fraction of sp³-hybridized carbons (Fsp3) is 0. The van der Waals surface area contributed by atoms with Crippen molar-refractivity contribution in [3.63, 3.8) is 0 Å². The van der Waals surface area contributed by atoms with Gasteiger partial charge in [0.2, 0.25) is 0 Å². The second-order valence-corrected chi connectivity index (χ2v) is 15.2. The van der Waals surface area contributed by atoms with Crippen LogP contribution in [0.3, 0.4) is 0 Å². The Morgan fingerprint density at radius 3 is 1.81 bits per heavy atom. The summed E-state index contributed by atoms with van der Waals surface area (Å²) >= 11 is 0. The summed E-state index contributed by atoms with van der Waals surface area (Å²) in [6, 6.07) is 63.3. The van der Waals surface area contributed by atoms with Crippen LogP contribution in [0.15, 0.2) is 191 Å². The van der Waals surface area contributed by atoms with Crippen LogP contribution < -0.4 is 0 Å². The Morgan fingerprint density at radius 2 is 0.966 bits per heavy atom.